The van der Waals surface area contributed by atoms with Gasteiger partial charge in [-0.2, -0.15) is 13.2 Å². The monoisotopic (exact) mass is 384 g/mol. The molecule has 0 unspecified atom stereocenters. The number of alkyl halides is 3. The molecule has 3 aromatic rings. The summed E-state index contributed by atoms with van der Waals surface area (Å²) >= 11 is 0. The van der Waals surface area contributed by atoms with Gasteiger partial charge in [0.2, 0.25) is 0 Å². The number of nitrogens with two attached hydrogens (primary N) is 1. The number of benzene rings is 2. The van der Waals surface area contributed by atoms with E-state index in [4.69, 9.17) is 10.5 Å². The van der Waals surface area contributed by atoms with E-state index >= 15 is 0 Å². The topological polar surface area (TPSA) is 48.1 Å². The summed E-state index contributed by atoms with van der Waals surface area (Å²) in [6, 6.07) is 12.6. The van der Waals surface area contributed by atoms with E-state index in [0.717, 1.165) is 22.8 Å². The van der Waals surface area contributed by atoms with E-state index in [1.165, 1.54) is 24.4 Å². The van der Waals surface area contributed by atoms with Crippen LogP contribution in [0.5, 0.6) is 5.75 Å². The fraction of sp³-hybridized carbons (Fsp3) is 0.136. The van der Waals surface area contributed by atoms with Gasteiger partial charge < -0.3 is 10.5 Å². The summed E-state index contributed by atoms with van der Waals surface area (Å²) in [5, 5.41) is 0. The van der Waals surface area contributed by atoms with E-state index in [1.54, 1.807) is 12.1 Å². The lowest BCUT2D eigenvalue weighted by atomic mass is 10.0. The van der Waals surface area contributed by atoms with Gasteiger partial charge in [0.25, 0.3) is 0 Å². The Labute approximate surface area is 161 Å². The van der Waals surface area contributed by atoms with E-state index in [0.29, 0.717) is 0 Å². The van der Waals surface area contributed by atoms with Gasteiger partial charge in [-0.05, 0) is 41.3 Å². The van der Waals surface area contributed by atoms with Crippen LogP contribution in [0.1, 0.15) is 22.3 Å². The zero-order valence-electron chi connectivity index (χ0n) is 15.3. The van der Waals surface area contributed by atoms with Crippen molar-refractivity contribution < 1.29 is 17.9 Å². The molecule has 28 heavy (non-hydrogen) atoms. The molecule has 0 aliphatic carbocycles. The number of rotatable bonds is 5. The number of ether oxygens (including phenoxy) is 1. The summed E-state index contributed by atoms with van der Waals surface area (Å²) < 4.78 is 45.8. The zero-order chi connectivity index (χ0) is 20.3. The predicted molar refractivity (Wildman–Crippen MR) is 105 cm³/mol. The van der Waals surface area contributed by atoms with Crippen molar-refractivity contribution in [3.8, 4) is 16.9 Å². The van der Waals surface area contributed by atoms with Crippen molar-refractivity contribution in [2.45, 2.75) is 19.7 Å². The smallest absolute Gasteiger partial charge is 0.417 e. The maximum Gasteiger partial charge on any atom is 0.417 e. The minimum Gasteiger partial charge on any atom is -0.485 e. The van der Waals surface area contributed by atoms with Crippen LogP contribution >= 0.6 is 0 Å². The standard InChI is InChI=1S/C22H19F3N2O/c1-3-15-8-6-7-14(2)18(15)13-28-20-11-16(12-27-21(20)26)17-9-4-5-10-19(17)22(23,24)25/h3-12H,1,13H2,2H3,(H2,26,27). The van der Waals surface area contributed by atoms with Crippen LogP contribution in [-0.4, -0.2) is 4.98 Å². The van der Waals surface area contributed by atoms with Crippen molar-refractivity contribution in [3.05, 3.63) is 83.6 Å². The highest BCUT2D eigenvalue weighted by Gasteiger charge is 2.33. The molecule has 0 saturated heterocycles. The van der Waals surface area contributed by atoms with Crippen LogP contribution in [0.15, 0.2) is 61.3 Å². The van der Waals surface area contributed by atoms with E-state index in [2.05, 4.69) is 11.6 Å². The first-order chi connectivity index (χ1) is 13.3. The molecule has 0 saturated carbocycles. The Balaban J connectivity index is 1.95. The zero-order valence-corrected chi connectivity index (χ0v) is 15.3. The second-order valence-corrected chi connectivity index (χ2v) is 6.29. The molecule has 0 aliphatic heterocycles. The highest BCUT2D eigenvalue weighted by molar-refractivity contribution is 5.70. The van der Waals surface area contributed by atoms with Crippen LogP contribution in [0.3, 0.4) is 0 Å². The lowest BCUT2D eigenvalue weighted by molar-refractivity contribution is -0.137. The molecule has 2 N–H and O–H groups in total. The van der Waals surface area contributed by atoms with Gasteiger partial charge in [0, 0.05) is 11.8 Å². The molecule has 6 heteroatoms. The van der Waals surface area contributed by atoms with Crippen molar-refractivity contribution in [1.29, 1.82) is 0 Å². The van der Waals surface area contributed by atoms with Crippen LogP contribution in [0.4, 0.5) is 19.0 Å². The van der Waals surface area contributed by atoms with E-state index in [9.17, 15) is 13.2 Å². The molecule has 0 atom stereocenters. The summed E-state index contributed by atoms with van der Waals surface area (Å²) in [5.74, 6) is 0.342. The minimum atomic E-state index is -4.47. The highest BCUT2D eigenvalue weighted by Crippen LogP contribution is 2.38. The minimum absolute atomic E-state index is 0.0232. The summed E-state index contributed by atoms with van der Waals surface area (Å²) in [7, 11) is 0. The third-order valence-corrected chi connectivity index (χ3v) is 4.46. The highest BCUT2D eigenvalue weighted by atomic mass is 19.4. The number of nitrogens with zero attached hydrogens (tertiary/aromatic N) is 1. The normalized spacial score (nSPS) is 11.3. The maximum absolute atomic E-state index is 13.3. The van der Waals surface area contributed by atoms with Gasteiger partial charge >= 0.3 is 6.18 Å². The van der Waals surface area contributed by atoms with Crippen LogP contribution in [0.25, 0.3) is 17.2 Å². The molecule has 3 nitrogen and oxygen atoms in total. The van der Waals surface area contributed by atoms with Crippen LogP contribution in [0.2, 0.25) is 0 Å². The van der Waals surface area contributed by atoms with Gasteiger partial charge in [0.15, 0.2) is 11.6 Å². The first-order valence-electron chi connectivity index (χ1n) is 8.57. The number of aryl methyl sites for hydroxylation is 1. The Hall–Kier alpha value is -3.28. The molecular weight excluding hydrogens is 365 g/mol. The number of aromatic nitrogens is 1. The summed E-state index contributed by atoms with van der Waals surface area (Å²) in [6.07, 6.45) is -1.43. The van der Waals surface area contributed by atoms with Gasteiger partial charge in [-0.15, -0.1) is 0 Å². The van der Waals surface area contributed by atoms with Crippen LogP contribution in [-0.2, 0) is 12.8 Å². The Bertz CT molecular complexity index is 1010. The molecule has 0 amide bonds. The predicted octanol–water partition coefficient (Wildman–Crippen LogP) is 5.88. The Kier molecular flexibility index (Phi) is 5.40. The van der Waals surface area contributed by atoms with Crippen molar-refractivity contribution in [1.82, 2.24) is 4.98 Å². The molecule has 0 bridgehead atoms. The molecular formula is C22H19F3N2O. The largest absolute Gasteiger partial charge is 0.485 e. The van der Waals surface area contributed by atoms with Crippen molar-refractivity contribution in [2.75, 3.05) is 5.73 Å². The molecule has 0 aliphatic rings. The second kappa shape index (κ2) is 7.76. The van der Waals surface area contributed by atoms with Gasteiger partial charge in [0.05, 0.1) is 5.56 Å². The number of hydrogen-bond donors (Lipinski definition) is 1. The first kappa shape index (κ1) is 19.5. The molecule has 2 aromatic carbocycles. The fourth-order valence-corrected chi connectivity index (χ4v) is 2.96. The lowest BCUT2D eigenvalue weighted by Gasteiger charge is -2.15. The number of pyridine rings is 1. The molecule has 0 fully saturated rings. The third kappa shape index (κ3) is 4.01. The molecule has 1 aromatic heterocycles. The molecule has 1 heterocycles. The van der Waals surface area contributed by atoms with E-state index in [-0.39, 0.29) is 29.3 Å². The third-order valence-electron chi connectivity index (χ3n) is 4.46. The Morgan fingerprint density at radius 1 is 1.14 bits per heavy atom. The maximum atomic E-state index is 13.3. The average Bonchev–Trinajstić information content (AvgIpc) is 2.67. The van der Waals surface area contributed by atoms with Gasteiger partial charge in [-0.1, -0.05) is 49.1 Å². The van der Waals surface area contributed by atoms with Crippen molar-refractivity contribution >= 4 is 11.9 Å². The van der Waals surface area contributed by atoms with Gasteiger partial charge in [-0.3, -0.25) is 0 Å². The number of anilines is 1. The fourth-order valence-electron chi connectivity index (χ4n) is 2.96. The Morgan fingerprint density at radius 3 is 2.61 bits per heavy atom. The summed E-state index contributed by atoms with van der Waals surface area (Å²) in [5.41, 5.74) is 8.32. The van der Waals surface area contributed by atoms with Crippen LogP contribution < -0.4 is 10.5 Å². The van der Waals surface area contributed by atoms with Crippen molar-refractivity contribution in [2.24, 2.45) is 0 Å². The van der Waals surface area contributed by atoms with Crippen molar-refractivity contribution in [3.63, 3.8) is 0 Å². The van der Waals surface area contributed by atoms with E-state index in [1.807, 2.05) is 25.1 Å². The number of hydrogen-bond acceptors (Lipinski definition) is 3. The number of halogens is 3. The molecule has 144 valence electrons. The molecule has 0 radical (unpaired) electrons. The first-order valence-corrected chi connectivity index (χ1v) is 8.57. The Morgan fingerprint density at radius 2 is 1.89 bits per heavy atom. The number of nitrogen functional groups attached to an aromatic ring is 1. The summed E-state index contributed by atoms with van der Waals surface area (Å²) in [4.78, 5) is 4.02. The average molecular weight is 384 g/mol. The molecule has 3 rings (SSSR count). The second-order valence-electron chi connectivity index (χ2n) is 6.29. The van der Waals surface area contributed by atoms with Gasteiger partial charge in [-0.25, -0.2) is 4.98 Å². The SMILES string of the molecule is C=Cc1cccc(C)c1COc1cc(-c2ccccc2C(F)(F)F)cnc1N. The lowest BCUT2D eigenvalue weighted by Crippen LogP contribution is -2.07. The molecule has 0 spiro atoms. The van der Waals surface area contributed by atoms with Crippen LogP contribution in [0, 0.1) is 6.92 Å². The van der Waals surface area contributed by atoms with Gasteiger partial charge in [0.1, 0.15) is 6.61 Å². The summed E-state index contributed by atoms with van der Waals surface area (Å²) in [6.45, 7) is 5.94. The van der Waals surface area contributed by atoms with E-state index < -0.39 is 11.7 Å². The quantitative estimate of drug-likeness (QED) is 0.598.